The van der Waals surface area contributed by atoms with Crippen molar-refractivity contribution in [3.63, 3.8) is 0 Å². The van der Waals surface area contributed by atoms with Crippen LogP contribution in [0, 0.1) is 69.1 Å². The molecule has 0 spiro atoms. The van der Waals surface area contributed by atoms with Crippen LogP contribution in [0.1, 0.15) is 51.6 Å². The van der Waals surface area contributed by atoms with Crippen molar-refractivity contribution in [1.29, 1.82) is 26.3 Å². The summed E-state index contributed by atoms with van der Waals surface area (Å²) in [6, 6.07) is 20.2. The van der Waals surface area contributed by atoms with Gasteiger partial charge in [-0.1, -0.05) is 55.1 Å². The van der Waals surface area contributed by atoms with Crippen LogP contribution in [-0.2, 0) is 19.3 Å². The van der Waals surface area contributed by atoms with Crippen LogP contribution >= 0.6 is 0 Å². The van der Waals surface area contributed by atoms with Gasteiger partial charge in [0.1, 0.15) is 12.8 Å². The highest BCUT2D eigenvalue weighted by Gasteiger charge is 2.29. The molecule has 0 fully saturated rings. The summed E-state index contributed by atoms with van der Waals surface area (Å²) in [5.74, 6) is -4.58. The quantitative estimate of drug-likeness (QED) is 0.0277. The molecule has 0 saturated heterocycles. The monoisotopic (exact) mass is 799 g/mol. The summed E-state index contributed by atoms with van der Waals surface area (Å²) in [5.41, 5.74) is 1.45. The Morgan fingerprint density at radius 3 is 2.00 bits per heavy atom. The minimum atomic E-state index is -1.39. The van der Waals surface area contributed by atoms with Gasteiger partial charge in [-0.05, 0) is 85.0 Å². The lowest BCUT2D eigenvalue weighted by molar-refractivity contribution is -0.228. The highest BCUT2D eigenvalue weighted by Crippen LogP contribution is 2.37. The van der Waals surface area contributed by atoms with E-state index in [0.717, 1.165) is 6.26 Å². The first-order valence-electron chi connectivity index (χ1n) is 17.5. The molecule has 1 aliphatic carbocycles. The third kappa shape index (κ3) is 11.4. The largest absolute Gasteiger partial charge is 0.478 e. The van der Waals surface area contributed by atoms with E-state index in [1.54, 1.807) is 25.1 Å². The van der Waals surface area contributed by atoms with E-state index in [-0.39, 0.29) is 57.0 Å². The van der Waals surface area contributed by atoms with Crippen LogP contribution in [-0.4, -0.2) is 46.2 Å². The predicted molar refractivity (Wildman–Crippen MR) is 214 cm³/mol. The van der Waals surface area contributed by atoms with Crippen LogP contribution in [0.2, 0.25) is 0 Å². The Bertz CT molecular complexity index is 2520. The van der Waals surface area contributed by atoms with Gasteiger partial charge in [0.15, 0.2) is 5.92 Å². The van der Waals surface area contributed by atoms with Crippen molar-refractivity contribution in [2.24, 2.45) is 5.92 Å². The van der Waals surface area contributed by atoms with E-state index in [0.29, 0.717) is 29.7 Å². The number of nitrogens with zero attached hydrogens (tertiary/aromatic N) is 7. The lowest BCUT2D eigenvalue weighted by Gasteiger charge is -2.26. The van der Waals surface area contributed by atoms with Crippen LogP contribution in [0.5, 0.6) is 0 Å². The van der Waals surface area contributed by atoms with Gasteiger partial charge in [-0.3, -0.25) is 19.5 Å². The number of benzene rings is 2. The second-order valence-corrected chi connectivity index (χ2v) is 11.9. The Labute approximate surface area is 345 Å². The third-order valence-electron chi connectivity index (χ3n) is 8.43. The molecule has 0 aliphatic heterocycles. The SMILES string of the molecule is [C-]#[N+]/C(C#N)=C(/C(C#N)=C/C=C/C1=C(N(CC(=O)OCC)C(=C)OOC=C)C(=C/C=C/C(C#N)=C(\c2ccc(C(=O)O)cc2)C(C#N)C#N)/CC1)c1ccc(C(=O)O)cc1. The summed E-state index contributed by atoms with van der Waals surface area (Å²) >= 11 is 0. The second-order valence-electron chi connectivity index (χ2n) is 11.9. The van der Waals surface area contributed by atoms with Crippen molar-refractivity contribution in [3.05, 3.63) is 178 Å². The first-order chi connectivity index (χ1) is 28.9. The van der Waals surface area contributed by atoms with E-state index in [1.807, 2.05) is 24.3 Å². The Hall–Kier alpha value is -9.15. The summed E-state index contributed by atoms with van der Waals surface area (Å²) in [6.45, 7) is 16.2. The molecule has 2 aromatic rings. The molecule has 296 valence electrons. The maximum atomic E-state index is 12.9. The average Bonchev–Trinajstić information content (AvgIpc) is 3.65. The predicted octanol–water partition coefficient (Wildman–Crippen LogP) is 7.84. The van der Waals surface area contributed by atoms with Gasteiger partial charge in [-0.15, -0.1) is 0 Å². The lowest BCUT2D eigenvalue weighted by Crippen LogP contribution is -2.31. The summed E-state index contributed by atoms with van der Waals surface area (Å²) in [7, 11) is 0. The summed E-state index contributed by atoms with van der Waals surface area (Å²) < 4.78 is 5.20. The number of carbonyl (C=O) groups excluding carboxylic acids is 1. The molecule has 60 heavy (non-hydrogen) atoms. The number of rotatable bonds is 18. The zero-order valence-corrected chi connectivity index (χ0v) is 32.0. The third-order valence-corrected chi connectivity index (χ3v) is 8.43. The second kappa shape index (κ2) is 22.4. The van der Waals surface area contributed by atoms with E-state index in [4.69, 9.17) is 21.1 Å². The molecule has 0 radical (unpaired) electrons. The summed E-state index contributed by atoms with van der Waals surface area (Å²) in [5, 5.41) is 68.3. The molecule has 1 aliphatic rings. The van der Waals surface area contributed by atoms with Crippen LogP contribution < -0.4 is 0 Å². The number of allylic oxidation sites excluding steroid dienone is 13. The van der Waals surface area contributed by atoms with Crippen molar-refractivity contribution in [2.45, 2.75) is 19.8 Å². The number of carboxylic acids is 2. The van der Waals surface area contributed by atoms with E-state index >= 15 is 0 Å². The number of carboxylic acid groups (broad SMARTS) is 2. The molecule has 0 unspecified atom stereocenters. The highest BCUT2D eigenvalue weighted by molar-refractivity contribution is 5.91. The Morgan fingerprint density at radius 2 is 1.50 bits per heavy atom. The number of esters is 1. The smallest absolute Gasteiger partial charge is 0.335 e. The Morgan fingerprint density at radius 1 is 0.900 bits per heavy atom. The number of hydrogen-bond donors (Lipinski definition) is 2. The molecule has 2 N–H and O–H groups in total. The molecule has 2 aromatic carbocycles. The maximum absolute atomic E-state index is 12.9. The first kappa shape index (κ1) is 45.2. The molecule has 0 bridgehead atoms. The van der Waals surface area contributed by atoms with Crippen LogP contribution in [0.15, 0.2) is 144 Å². The molecule has 3 rings (SSSR count). The van der Waals surface area contributed by atoms with Crippen molar-refractivity contribution in [1.82, 2.24) is 4.90 Å². The number of aromatic carboxylic acids is 2. The standard InChI is InChI=1S/C45H33N7O8/c1-5-58-40(53)28-52(29(3)60-59-6-2)43-32(9-7-11-36(23-46)41(38(25-48)26-49)30-13-19-34(20-14-30)44(54)55)17-18-33(43)10-8-12-37(24-47)42(39(27-50)51-4)31-15-21-35(22-16-31)45(56)57/h6-16,19-22,38H,2-3,5,17-18,28H2,1H3,(H,54,55)(H,56,57)/b10-8+,11-7+,32-9+,37-12+,41-36-,42-39+. The van der Waals surface area contributed by atoms with Crippen molar-refractivity contribution in [2.75, 3.05) is 13.2 Å². The molecule has 0 amide bonds. The fraction of sp³-hybridized carbons (Fsp3) is 0.133. The van der Waals surface area contributed by atoms with Gasteiger partial charge in [-0.25, -0.2) is 19.7 Å². The fourth-order valence-electron chi connectivity index (χ4n) is 5.79. The number of hydrogen-bond acceptors (Lipinski definition) is 12. The van der Waals surface area contributed by atoms with E-state index < -0.39 is 36.1 Å². The molecular formula is C45H33N7O8. The van der Waals surface area contributed by atoms with Crippen LogP contribution in [0.25, 0.3) is 16.0 Å². The maximum Gasteiger partial charge on any atom is 0.335 e. The number of carbonyl (C=O) groups is 3. The Kier molecular flexibility index (Phi) is 16.9. The number of nitriles is 5. The lowest BCUT2D eigenvalue weighted by atomic mass is 9.89. The van der Waals surface area contributed by atoms with Crippen molar-refractivity contribution < 1.29 is 39.1 Å². The molecule has 15 heteroatoms. The Balaban J connectivity index is 2.28. The van der Waals surface area contributed by atoms with Gasteiger partial charge in [0.2, 0.25) is 5.88 Å². The first-order valence-corrected chi connectivity index (χ1v) is 17.5. The van der Waals surface area contributed by atoms with Crippen LogP contribution in [0.4, 0.5) is 0 Å². The van der Waals surface area contributed by atoms with Gasteiger partial charge < -0.3 is 14.9 Å². The summed E-state index contributed by atoms with van der Waals surface area (Å²) in [6.07, 6.45) is 10.7. The van der Waals surface area contributed by atoms with Gasteiger partial charge in [0.25, 0.3) is 5.70 Å². The molecule has 0 aromatic heterocycles. The summed E-state index contributed by atoms with van der Waals surface area (Å²) in [4.78, 5) is 50.6. The van der Waals surface area contributed by atoms with E-state index in [2.05, 4.69) is 18.0 Å². The van der Waals surface area contributed by atoms with Gasteiger partial charge in [0, 0.05) is 11.1 Å². The minimum Gasteiger partial charge on any atom is -0.478 e. The zero-order valence-electron chi connectivity index (χ0n) is 32.0. The molecule has 0 saturated carbocycles. The van der Waals surface area contributed by atoms with Gasteiger partial charge in [0.05, 0.1) is 71.5 Å². The molecule has 0 atom stereocenters. The normalized spacial score (nSPS) is 13.7. The molecule has 15 nitrogen and oxygen atoms in total. The van der Waals surface area contributed by atoms with Gasteiger partial charge in [-0.2, -0.15) is 21.0 Å². The fourth-order valence-corrected chi connectivity index (χ4v) is 5.79. The molecular weight excluding hydrogens is 767 g/mol. The van der Waals surface area contributed by atoms with Crippen LogP contribution in [0.3, 0.4) is 0 Å². The molecule has 0 heterocycles. The van der Waals surface area contributed by atoms with Crippen molar-refractivity contribution >= 4 is 29.1 Å². The van der Waals surface area contributed by atoms with Crippen molar-refractivity contribution in [3.8, 4) is 30.3 Å². The van der Waals surface area contributed by atoms with E-state index in [1.165, 1.54) is 77.7 Å². The topological polar surface area (TPSA) is 246 Å². The van der Waals surface area contributed by atoms with E-state index in [9.17, 15) is 50.9 Å². The number of ether oxygens (including phenoxy) is 1. The van der Waals surface area contributed by atoms with Gasteiger partial charge >= 0.3 is 17.9 Å². The minimum absolute atomic E-state index is 0.0243. The zero-order chi connectivity index (χ0) is 44.2. The average molecular weight is 800 g/mol. The highest BCUT2D eigenvalue weighted by atomic mass is 17.2.